The number of hydrogen-bond donors (Lipinski definition) is 3. The van der Waals surface area contributed by atoms with Gasteiger partial charge in [-0.2, -0.15) is 0 Å². The number of nitrogens with two attached hydrogens (primary N) is 1. The molecule has 2 rings (SSSR count). The molecule has 0 aliphatic heterocycles. The maximum atomic E-state index is 10.9. The molecule has 0 unspecified atom stereocenters. The average molecular weight is 383 g/mol. The molecule has 0 heterocycles. The van der Waals surface area contributed by atoms with E-state index in [0.29, 0.717) is 19.4 Å². The lowest BCUT2D eigenvalue weighted by molar-refractivity contribution is 0.153. The van der Waals surface area contributed by atoms with Crippen LogP contribution in [0, 0.1) is 0 Å². The summed E-state index contributed by atoms with van der Waals surface area (Å²) in [7, 11) is -4.48. The van der Waals surface area contributed by atoms with Gasteiger partial charge in [0.1, 0.15) is 5.75 Å². The summed E-state index contributed by atoms with van der Waals surface area (Å²) in [6.07, 6.45) is 9.65. The predicted octanol–water partition coefficient (Wildman–Crippen LogP) is 3.89. The van der Waals surface area contributed by atoms with Crippen molar-refractivity contribution in [3.63, 3.8) is 0 Å². The Morgan fingerprint density at radius 2 is 2.04 bits per heavy atom. The summed E-state index contributed by atoms with van der Waals surface area (Å²) in [6.45, 7) is 2.70. The van der Waals surface area contributed by atoms with E-state index >= 15 is 0 Å². The first kappa shape index (κ1) is 21.1. The molecule has 7 heteroatoms. The first-order valence-electron chi connectivity index (χ1n) is 9.18. The summed E-state index contributed by atoms with van der Waals surface area (Å²) in [5.41, 5.74) is 6.73. The normalized spacial score (nSPS) is 23.6. The topological polar surface area (TPSA) is 102 Å². The van der Waals surface area contributed by atoms with Gasteiger partial charge in [-0.15, -0.1) is 0 Å². The first-order chi connectivity index (χ1) is 12.3. The molecule has 2 atom stereocenters. The van der Waals surface area contributed by atoms with Crippen molar-refractivity contribution in [2.24, 2.45) is 5.73 Å². The molecular formula is C19H30NO5P. The third kappa shape index (κ3) is 7.22. The molecule has 146 valence electrons. The molecule has 1 saturated carbocycles. The van der Waals surface area contributed by atoms with E-state index < -0.39 is 13.4 Å². The maximum absolute atomic E-state index is 10.9. The first-order valence-corrected chi connectivity index (χ1v) is 10.7. The van der Waals surface area contributed by atoms with Crippen molar-refractivity contribution in [1.82, 2.24) is 0 Å². The van der Waals surface area contributed by atoms with E-state index in [9.17, 15) is 4.57 Å². The predicted molar refractivity (Wildman–Crippen MR) is 102 cm³/mol. The lowest BCUT2D eigenvalue weighted by atomic mass is 9.94. The molecule has 0 aromatic heterocycles. The van der Waals surface area contributed by atoms with Crippen molar-refractivity contribution in [2.45, 2.75) is 56.9 Å². The van der Waals surface area contributed by atoms with E-state index in [-0.39, 0.29) is 12.5 Å². The van der Waals surface area contributed by atoms with Crippen LogP contribution in [0.15, 0.2) is 36.4 Å². The molecule has 1 aromatic rings. The van der Waals surface area contributed by atoms with E-state index in [0.717, 1.165) is 31.4 Å². The van der Waals surface area contributed by atoms with Crippen LogP contribution in [0.4, 0.5) is 0 Å². The van der Waals surface area contributed by atoms with Crippen molar-refractivity contribution >= 4 is 7.82 Å². The molecule has 1 aliphatic rings. The Balaban J connectivity index is 1.79. The fourth-order valence-corrected chi connectivity index (χ4v) is 3.72. The molecule has 1 aromatic carbocycles. The third-order valence-corrected chi connectivity index (χ3v) is 5.17. The number of allylic oxidation sites excluding steroid dienone is 2. The maximum Gasteiger partial charge on any atom is 0.469 e. The van der Waals surface area contributed by atoms with Gasteiger partial charge in [-0.05, 0) is 62.1 Å². The van der Waals surface area contributed by atoms with Gasteiger partial charge in [0.05, 0.1) is 13.2 Å². The van der Waals surface area contributed by atoms with Gasteiger partial charge in [0.15, 0.2) is 0 Å². The van der Waals surface area contributed by atoms with E-state index in [1.807, 2.05) is 24.3 Å². The van der Waals surface area contributed by atoms with Gasteiger partial charge in [0.25, 0.3) is 0 Å². The second-order valence-electron chi connectivity index (χ2n) is 7.01. The van der Waals surface area contributed by atoms with Crippen molar-refractivity contribution in [1.29, 1.82) is 0 Å². The number of phosphoric acid groups is 1. The SMILES string of the molecule is CCC=CCCCOc1ccc([C@@H]2CC[C@](N)(COP(=O)(O)O)C2)cc1. The van der Waals surface area contributed by atoms with Crippen molar-refractivity contribution in [3.05, 3.63) is 42.0 Å². The van der Waals surface area contributed by atoms with Crippen LogP contribution in [0.5, 0.6) is 5.75 Å². The zero-order valence-electron chi connectivity index (χ0n) is 15.3. The van der Waals surface area contributed by atoms with Crippen LogP contribution in [0.2, 0.25) is 0 Å². The van der Waals surface area contributed by atoms with E-state index in [2.05, 4.69) is 23.6 Å². The average Bonchev–Trinajstić information content (AvgIpc) is 2.99. The summed E-state index contributed by atoms with van der Waals surface area (Å²) in [5.74, 6) is 1.13. The second-order valence-corrected chi connectivity index (χ2v) is 8.24. The second kappa shape index (κ2) is 9.67. The van der Waals surface area contributed by atoms with Gasteiger partial charge in [-0.25, -0.2) is 4.57 Å². The molecule has 1 aliphatic carbocycles. The summed E-state index contributed by atoms with van der Waals surface area (Å²) in [6, 6.07) is 8.04. The molecule has 1 fully saturated rings. The van der Waals surface area contributed by atoms with Crippen LogP contribution in [-0.2, 0) is 9.09 Å². The van der Waals surface area contributed by atoms with Crippen molar-refractivity contribution in [2.75, 3.05) is 13.2 Å². The highest BCUT2D eigenvalue weighted by Gasteiger charge is 2.38. The summed E-state index contributed by atoms with van der Waals surface area (Å²) in [4.78, 5) is 17.7. The molecule has 26 heavy (non-hydrogen) atoms. The van der Waals surface area contributed by atoms with E-state index in [4.69, 9.17) is 20.3 Å². The van der Waals surface area contributed by atoms with Crippen LogP contribution in [0.1, 0.15) is 56.9 Å². The van der Waals surface area contributed by atoms with Gasteiger partial charge in [-0.3, -0.25) is 4.52 Å². The molecule has 0 spiro atoms. The highest BCUT2D eigenvalue weighted by Crippen LogP contribution is 2.43. The largest absolute Gasteiger partial charge is 0.494 e. The summed E-state index contributed by atoms with van der Waals surface area (Å²) >= 11 is 0. The van der Waals surface area contributed by atoms with Gasteiger partial charge in [0.2, 0.25) is 0 Å². The van der Waals surface area contributed by atoms with E-state index in [1.54, 1.807) is 0 Å². The minimum atomic E-state index is -4.48. The van der Waals surface area contributed by atoms with Gasteiger partial charge in [-0.1, -0.05) is 31.2 Å². The molecule has 0 bridgehead atoms. The quantitative estimate of drug-likeness (QED) is 0.322. The van der Waals surface area contributed by atoms with Gasteiger partial charge in [0, 0.05) is 5.54 Å². The van der Waals surface area contributed by atoms with Crippen LogP contribution in [0.3, 0.4) is 0 Å². The zero-order chi connectivity index (χ0) is 19.0. The lowest BCUT2D eigenvalue weighted by Gasteiger charge is -2.24. The van der Waals surface area contributed by atoms with Gasteiger partial charge < -0.3 is 20.3 Å². The number of hydrogen-bond acceptors (Lipinski definition) is 4. The number of rotatable bonds is 10. The van der Waals surface area contributed by atoms with Crippen LogP contribution < -0.4 is 10.5 Å². The Hall–Kier alpha value is -1.17. The highest BCUT2D eigenvalue weighted by atomic mass is 31.2. The summed E-state index contributed by atoms with van der Waals surface area (Å²) in [5, 5.41) is 0. The van der Waals surface area contributed by atoms with Crippen LogP contribution in [0.25, 0.3) is 0 Å². The number of ether oxygens (including phenoxy) is 1. The Morgan fingerprint density at radius 3 is 2.69 bits per heavy atom. The molecular weight excluding hydrogens is 353 g/mol. The van der Waals surface area contributed by atoms with Crippen molar-refractivity contribution < 1.29 is 23.6 Å². The standard InChI is InChI=1S/C19H30NO5P/c1-2-3-4-5-6-13-24-18-9-7-16(8-10-18)17-11-12-19(20,14-17)15-25-26(21,22)23/h3-4,7-10,17H,2,5-6,11-15,20H2,1H3,(H2,21,22,23)/t17-,19-/m1/s1. The fourth-order valence-electron chi connectivity index (χ4n) is 3.30. The van der Waals surface area contributed by atoms with Crippen molar-refractivity contribution in [3.8, 4) is 5.75 Å². The van der Waals surface area contributed by atoms with Crippen LogP contribution >= 0.6 is 7.82 Å². The fraction of sp³-hybridized carbons (Fsp3) is 0.579. The molecule has 0 amide bonds. The zero-order valence-corrected chi connectivity index (χ0v) is 16.2. The minimum Gasteiger partial charge on any atom is -0.494 e. The van der Waals surface area contributed by atoms with E-state index in [1.165, 1.54) is 5.56 Å². The monoisotopic (exact) mass is 383 g/mol. The number of benzene rings is 1. The number of unbranched alkanes of at least 4 members (excludes halogenated alkanes) is 1. The molecule has 0 radical (unpaired) electrons. The Labute approximate surface area is 155 Å². The molecule has 0 saturated heterocycles. The highest BCUT2D eigenvalue weighted by molar-refractivity contribution is 7.46. The summed E-state index contributed by atoms with van der Waals surface area (Å²) < 4.78 is 21.2. The number of phosphoric ester groups is 1. The Bertz CT molecular complexity index is 627. The van der Waals surface area contributed by atoms with Gasteiger partial charge >= 0.3 is 7.82 Å². The smallest absolute Gasteiger partial charge is 0.469 e. The Kier molecular flexibility index (Phi) is 7.86. The minimum absolute atomic E-state index is 0.124. The molecule has 6 nitrogen and oxygen atoms in total. The van der Waals surface area contributed by atoms with Crippen LogP contribution in [-0.4, -0.2) is 28.5 Å². The molecule has 4 N–H and O–H groups in total. The third-order valence-electron chi connectivity index (χ3n) is 4.70. The lowest BCUT2D eigenvalue weighted by Crippen LogP contribution is -2.41. The Morgan fingerprint density at radius 1 is 1.31 bits per heavy atom.